The van der Waals surface area contributed by atoms with Crippen molar-refractivity contribution in [2.45, 2.75) is 0 Å². The third kappa shape index (κ3) is 3.75. The lowest BCUT2D eigenvalue weighted by atomic mass is 9.34. The normalized spacial score (nSPS) is 12.2. The molecule has 0 aliphatic carbocycles. The first-order valence-corrected chi connectivity index (χ1v) is 13.7. The van der Waals surface area contributed by atoms with Crippen LogP contribution in [0.4, 0.5) is 0 Å². The molecule has 0 aromatic heterocycles. The zero-order chi connectivity index (χ0) is 27.3. The molecule has 3 nitrogen and oxygen atoms in total. The van der Waals surface area contributed by atoms with Crippen LogP contribution in [0, 0.1) is 11.3 Å². The van der Waals surface area contributed by atoms with Crippen LogP contribution in [0.1, 0.15) is 5.56 Å². The molecule has 41 heavy (non-hydrogen) atoms. The van der Waals surface area contributed by atoms with E-state index in [4.69, 9.17) is 9.47 Å². The summed E-state index contributed by atoms with van der Waals surface area (Å²) in [6.07, 6.45) is 0. The number of rotatable bonds is 3. The van der Waals surface area contributed by atoms with E-state index in [1.54, 1.807) is 0 Å². The molecule has 0 bridgehead atoms. The van der Waals surface area contributed by atoms with Crippen LogP contribution in [0.3, 0.4) is 0 Å². The molecule has 0 atom stereocenters. The van der Waals surface area contributed by atoms with Crippen LogP contribution in [0.2, 0.25) is 0 Å². The van der Waals surface area contributed by atoms with Gasteiger partial charge in [-0.05, 0) is 56.9 Å². The fraction of sp³-hybridized carbons (Fsp3) is 0. The van der Waals surface area contributed by atoms with Gasteiger partial charge in [-0.3, -0.25) is 0 Å². The van der Waals surface area contributed by atoms with Gasteiger partial charge in [-0.2, -0.15) is 5.26 Å². The molecular weight excluding hydrogens is 501 g/mol. The van der Waals surface area contributed by atoms with Gasteiger partial charge < -0.3 is 9.47 Å². The lowest BCUT2D eigenvalue weighted by Gasteiger charge is -2.35. The van der Waals surface area contributed by atoms with Crippen LogP contribution in [0.15, 0.2) is 133 Å². The average Bonchev–Trinajstić information content (AvgIpc) is 3.05. The Morgan fingerprint density at radius 3 is 1.49 bits per heavy atom. The highest BCUT2D eigenvalue weighted by molar-refractivity contribution is 6.98. The smallest absolute Gasteiger partial charge is 0.260 e. The molecule has 190 valence electrons. The molecule has 0 saturated heterocycles. The van der Waals surface area contributed by atoms with E-state index in [0.29, 0.717) is 11.3 Å². The first kappa shape index (κ1) is 23.4. The quantitative estimate of drug-likeness (QED) is 0.229. The van der Waals surface area contributed by atoms with Crippen molar-refractivity contribution in [2.75, 3.05) is 0 Å². The van der Waals surface area contributed by atoms with Gasteiger partial charge in [0, 0.05) is 11.0 Å². The van der Waals surface area contributed by atoms with E-state index in [0.717, 1.165) is 67.0 Å². The van der Waals surface area contributed by atoms with Crippen LogP contribution in [-0.2, 0) is 0 Å². The number of hydrogen-bond acceptors (Lipinski definition) is 3. The number of benzene rings is 6. The van der Waals surface area contributed by atoms with Crippen molar-refractivity contribution in [1.29, 1.82) is 5.26 Å². The average molecular weight is 523 g/mol. The third-order valence-corrected chi connectivity index (χ3v) is 8.04. The molecule has 0 N–H and O–H groups in total. The Hall–Kier alpha value is -5.53. The minimum absolute atomic E-state index is 0.171. The fourth-order valence-electron chi connectivity index (χ4n) is 6.12. The highest BCUT2D eigenvalue weighted by Crippen LogP contribution is 2.43. The van der Waals surface area contributed by atoms with Crippen LogP contribution in [0.5, 0.6) is 23.0 Å². The first-order valence-electron chi connectivity index (χ1n) is 13.7. The Balaban J connectivity index is 1.42. The summed E-state index contributed by atoms with van der Waals surface area (Å²) < 4.78 is 13.3. The molecular formula is C37H22BNO2. The van der Waals surface area contributed by atoms with Gasteiger partial charge >= 0.3 is 0 Å². The highest BCUT2D eigenvalue weighted by atomic mass is 16.5. The molecule has 0 spiro atoms. The molecule has 8 rings (SSSR count). The van der Waals surface area contributed by atoms with Crippen LogP contribution < -0.4 is 25.9 Å². The number of nitriles is 1. The van der Waals surface area contributed by atoms with Crippen molar-refractivity contribution in [3.05, 3.63) is 139 Å². The van der Waals surface area contributed by atoms with Gasteiger partial charge in [0.2, 0.25) is 0 Å². The zero-order valence-corrected chi connectivity index (χ0v) is 22.0. The molecule has 0 radical (unpaired) electrons. The molecule has 4 heteroatoms. The minimum atomic E-state index is -0.171. The molecule has 0 amide bonds. The number of nitrogens with zero attached hydrogens (tertiary/aromatic N) is 1. The molecule has 2 aliphatic rings. The van der Waals surface area contributed by atoms with Crippen molar-refractivity contribution in [3.63, 3.8) is 0 Å². The summed E-state index contributed by atoms with van der Waals surface area (Å²) in [6.45, 7) is -0.171. The summed E-state index contributed by atoms with van der Waals surface area (Å²) in [5.41, 5.74) is 9.91. The lowest BCUT2D eigenvalue weighted by molar-refractivity contribution is 0.464. The Kier molecular flexibility index (Phi) is 5.30. The molecule has 0 fully saturated rings. The summed E-state index contributed by atoms with van der Waals surface area (Å²) in [5, 5.41) is 10.3. The van der Waals surface area contributed by atoms with Gasteiger partial charge in [0.25, 0.3) is 6.71 Å². The third-order valence-electron chi connectivity index (χ3n) is 8.04. The second-order valence-corrected chi connectivity index (χ2v) is 10.4. The van der Waals surface area contributed by atoms with Crippen LogP contribution in [-0.4, -0.2) is 6.71 Å². The van der Waals surface area contributed by atoms with E-state index < -0.39 is 0 Å². The summed E-state index contributed by atoms with van der Waals surface area (Å²) in [5.74, 6) is 2.89. The minimum Gasteiger partial charge on any atom is -0.458 e. The summed E-state index contributed by atoms with van der Waals surface area (Å²) >= 11 is 0. The Morgan fingerprint density at radius 1 is 0.488 bits per heavy atom. The zero-order valence-electron chi connectivity index (χ0n) is 22.0. The predicted molar refractivity (Wildman–Crippen MR) is 165 cm³/mol. The maximum Gasteiger partial charge on any atom is 0.260 e. The highest BCUT2D eigenvalue weighted by Gasteiger charge is 2.43. The lowest BCUT2D eigenvalue weighted by Crippen LogP contribution is -2.57. The van der Waals surface area contributed by atoms with Gasteiger partial charge in [-0.1, -0.05) is 115 Å². The SMILES string of the molecule is N#Cc1cc(-c2ccccc2)c2c3c1Oc1ccc(-c4ccccc4)cc1B3c1cc(-c3ccccc3)ccc1O2. The maximum absolute atomic E-state index is 10.3. The summed E-state index contributed by atoms with van der Waals surface area (Å²) in [4.78, 5) is 0. The largest absolute Gasteiger partial charge is 0.458 e. The second-order valence-electron chi connectivity index (χ2n) is 10.4. The fourth-order valence-corrected chi connectivity index (χ4v) is 6.12. The van der Waals surface area contributed by atoms with E-state index in [1.807, 2.05) is 42.5 Å². The van der Waals surface area contributed by atoms with E-state index in [9.17, 15) is 5.26 Å². The van der Waals surface area contributed by atoms with Gasteiger partial charge in [0.05, 0.1) is 5.56 Å². The van der Waals surface area contributed by atoms with Crippen molar-refractivity contribution in [2.24, 2.45) is 0 Å². The van der Waals surface area contributed by atoms with Gasteiger partial charge in [-0.25, -0.2) is 0 Å². The second kappa shape index (κ2) is 9.29. The van der Waals surface area contributed by atoms with Gasteiger partial charge in [-0.15, -0.1) is 0 Å². The van der Waals surface area contributed by atoms with Crippen LogP contribution >= 0.6 is 0 Å². The monoisotopic (exact) mass is 523 g/mol. The van der Waals surface area contributed by atoms with Crippen molar-refractivity contribution >= 4 is 23.1 Å². The first-order chi connectivity index (χ1) is 20.3. The molecule has 6 aromatic carbocycles. The predicted octanol–water partition coefficient (Wildman–Crippen LogP) is 7.29. The van der Waals surface area contributed by atoms with Gasteiger partial charge in [0.1, 0.15) is 29.1 Å². The van der Waals surface area contributed by atoms with Gasteiger partial charge in [0.15, 0.2) is 0 Å². The van der Waals surface area contributed by atoms with E-state index in [1.165, 1.54) is 0 Å². The molecule has 6 aromatic rings. The Bertz CT molecular complexity index is 1950. The van der Waals surface area contributed by atoms with E-state index in [2.05, 4.69) is 97.1 Å². The van der Waals surface area contributed by atoms with Crippen LogP contribution in [0.25, 0.3) is 33.4 Å². The Labute approximate surface area is 239 Å². The molecule has 2 heterocycles. The Morgan fingerprint density at radius 2 is 0.976 bits per heavy atom. The number of ether oxygens (including phenoxy) is 2. The molecule has 2 aliphatic heterocycles. The maximum atomic E-state index is 10.3. The topological polar surface area (TPSA) is 42.2 Å². The van der Waals surface area contributed by atoms with Crippen molar-refractivity contribution in [3.8, 4) is 62.4 Å². The number of hydrogen-bond donors (Lipinski definition) is 0. The summed E-state index contributed by atoms with van der Waals surface area (Å²) in [6, 6.07) is 48.0. The summed E-state index contributed by atoms with van der Waals surface area (Å²) in [7, 11) is 0. The number of fused-ring (bicyclic) bond motifs is 4. The molecule has 0 saturated carbocycles. The van der Waals surface area contributed by atoms with E-state index in [-0.39, 0.29) is 6.71 Å². The van der Waals surface area contributed by atoms with Crippen molar-refractivity contribution < 1.29 is 9.47 Å². The molecule has 0 unspecified atom stereocenters. The van der Waals surface area contributed by atoms with E-state index >= 15 is 0 Å². The van der Waals surface area contributed by atoms with Crippen molar-refractivity contribution in [1.82, 2.24) is 0 Å². The standard InChI is InChI=1S/C37H22BNO2/c39-23-29-20-30(26-14-8-3-9-15-26)37-35-36(29)40-33-18-16-27(24-10-4-1-5-11-24)21-31(33)38(35)32-22-28(17-19-34(32)41-37)25-12-6-2-7-13-25/h1-22H.